The third kappa shape index (κ3) is 6.46. The minimum absolute atomic E-state index is 0.330. The van der Waals surface area contributed by atoms with Gasteiger partial charge in [-0.3, -0.25) is 4.79 Å². The lowest BCUT2D eigenvalue weighted by atomic mass is 9.76. The van der Waals surface area contributed by atoms with Crippen LogP contribution in [0.25, 0.3) is 0 Å². The molecule has 0 radical (unpaired) electrons. The summed E-state index contributed by atoms with van der Waals surface area (Å²) in [5.41, 5.74) is 0.836. The van der Waals surface area contributed by atoms with Gasteiger partial charge in [0.05, 0.1) is 18.3 Å². The van der Waals surface area contributed by atoms with Crippen LogP contribution in [0, 0.1) is 22.7 Å². The zero-order valence-corrected chi connectivity index (χ0v) is 22.4. The topological polar surface area (TPSA) is 124 Å². The van der Waals surface area contributed by atoms with Crippen LogP contribution in [0.2, 0.25) is 0 Å². The van der Waals surface area contributed by atoms with E-state index in [2.05, 4.69) is 5.18 Å². The van der Waals surface area contributed by atoms with Crippen LogP contribution in [0.5, 0.6) is 0 Å². The summed E-state index contributed by atoms with van der Waals surface area (Å²) in [5, 5.41) is 25.8. The average Bonchev–Trinajstić information content (AvgIpc) is 2.91. The lowest BCUT2D eigenvalue weighted by Gasteiger charge is -2.50. The van der Waals surface area contributed by atoms with Crippen molar-refractivity contribution in [2.75, 3.05) is 14.2 Å². The van der Waals surface area contributed by atoms with E-state index in [4.69, 9.17) is 18.9 Å². The first-order valence-corrected chi connectivity index (χ1v) is 13.1. The minimum atomic E-state index is -2.16. The summed E-state index contributed by atoms with van der Waals surface area (Å²) in [4.78, 5) is 25.4. The van der Waals surface area contributed by atoms with Crippen molar-refractivity contribution < 1.29 is 34.0 Å². The molecule has 37 heavy (non-hydrogen) atoms. The Labute approximate surface area is 219 Å². The van der Waals surface area contributed by atoms with Crippen molar-refractivity contribution in [3.05, 3.63) is 53.0 Å². The largest absolute Gasteiger partial charge is 0.457 e. The molecule has 1 aromatic rings. The number of hydrogen-bond donors (Lipinski definition) is 2. The molecule has 2 bridgehead atoms. The number of methoxy groups -OCH3 is 2. The van der Waals surface area contributed by atoms with E-state index >= 15 is 0 Å². The minimum Gasteiger partial charge on any atom is -0.457 e. The van der Waals surface area contributed by atoms with Gasteiger partial charge in [-0.1, -0.05) is 67.9 Å². The fourth-order valence-corrected chi connectivity index (χ4v) is 5.50. The SMILES string of the molecule is COC1CCCCC(c2ccccc2)OC(=O)C(C)C2(O)OC(C(C)C=CC1O)C(C)C(N=O)C2OC. The van der Waals surface area contributed by atoms with Crippen LogP contribution < -0.4 is 0 Å². The highest BCUT2D eigenvalue weighted by Gasteiger charge is 2.59. The molecule has 0 spiro atoms. The Morgan fingerprint density at radius 1 is 1.03 bits per heavy atom. The summed E-state index contributed by atoms with van der Waals surface area (Å²) >= 11 is 0. The van der Waals surface area contributed by atoms with E-state index in [1.165, 1.54) is 14.0 Å². The second-order valence-corrected chi connectivity index (χ2v) is 10.3. The van der Waals surface area contributed by atoms with Crippen molar-refractivity contribution in [1.82, 2.24) is 0 Å². The second-order valence-electron chi connectivity index (χ2n) is 10.3. The van der Waals surface area contributed by atoms with Crippen molar-refractivity contribution >= 4 is 5.97 Å². The molecule has 10 atom stereocenters. The maximum Gasteiger partial charge on any atom is 0.314 e. The monoisotopic (exact) mass is 519 g/mol. The van der Waals surface area contributed by atoms with E-state index in [1.54, 1.807) is 26.2 Å². The van der Waals surface area contributed by atoms with Gasteiger partial charge in [-0.05, 0) is 31.7 Å². The summed E-state index contributed by atoms with van der Waals surface area (Å²) in [6.07, 6.45) is 2.47. The molecule has 0 aromatic heterocycles. The summed E-state index contributed by atoms with van der Waals surface area (Å²) in [6, 6.07) is 8.45. The zero-order chi connectivity index (χ0) is 27.2. The van der Waals surface area contributed by atoms with E-state index in [-0.39, 0.29) is 5.92 Å². The van der Waals surface area contributed by atoms with Gasteiger partial charge >= 0.3 is 5.97 Å². The number of rotatable bonds is 4. The number of esters is 1. The number of nitroso groups, excluding NO2 is 1. The lowest BCUT2D eigenvalue weighted by Crippen LogP contribution is -2.66. The number of nitrogens with zero attached hydrogens (tertiary/aromatic N) is 1. The van der Waals surface area contributed by atoms with E-state index in [0.717, 1.165) is 18.4 Å². The number of carbonyl (C=O) groups is 1. The zero-order valence-electron chi connectivity index (χ0n) is 22.4. The molecular weight excluding hydrogens is 478 g/mol. The Morgan fingerprint density at radius 2 is 1.70 bits per heavy atom. The van der Waals surface area contributed by atoms with Crippen LogP contribution in [0.1, 0.15) is 58.1 Å². The second kappa shape index (κ2) is 13.1. The molecule has 0 amide bonds. The highest BCUT2D eigenvalue weighted by atomic mass is 16.7. The van der Waals surface area contributed by atoms with E-state index in [0.29, 0.717) is 12.8 Å². The van der Waals surface area contributed by atoms with Crippen molar-refractivity contribution in [2.45, 2.75) is 88.8 Å². The number of benzene rings is 1. The number of aliphatic hydroxyl groups excluding tert-OH is 1. The molecule has 2 aliphatic heterocycles. The van der Waals surface area contributed by atoms with E-state index < -0.39 is 60.2 Å². The average molecular weight is 520 g/mol. The number of cyclic esters (lactones) is 1. The molecule has 9 heteroatoms. The standard InChI is InChI=1S/C28H41NO8/c1-17-15-16-21(30)23(34-4)14-10-9-13-22(20-11-7-6-8-12-20)36-27(31)19(3)28(32)26(35-5)24(29-33)18(2)25(17)37-28/h6-8,11-12,15-19,21-26,30,32H,9-10,13-14H2,1-5H3. The summed E-state index contributed by atoms with van der Waals surface area (Å²) in [6.45, 7) is 5.18. The van der Waals surface area contributed by atoms with Crippen LogP contribution in [-0.4, -0.2) is 66.6 Å². The fourth-order valence-electron chi connectivity index (χ4n) is 5.50. The maximum atomic E-state index is 13.5. The van der Waals surface area contributed by atoms with Crippen molar-refractivity contribution in [3.8, 4) is 0 Å². The van der Waals surface area contributed by atoms with Gasteiger partial charge in [-0.2, -0.15) is 4.91 Å². The smallest absolute Gasteiger partial charge is 0.314 e. The first kappa shape index (κ1) is 29.4. The quantitative estimate of drug-likeness (QED) is 0.348. The van der Waals surface area contributed by atoms with Crippen LogP contribution in [0.15, 0.2) is 47.7 Å². The number of ether oxygens (including phenoxy) is 4. The summed E-state index contributed by atoms with van der Waals surface area (Å²) in [5.74, 6) is -4.75. The predicted molar refractivity (Wildman–Crippen MR) is 137 cm³/mol. The van der Waals surface area contributed by atoms with Crippen molar-refractivity contribution in [2.24, 2.45) is 22.9 Å². The molecular formula is C28H41NO8. The van der Waals surface area contributed by atoms with Crippen LogP contribution in [0.3, 0.4) is 0 Å². The van der Waals surface area contributed by atoms with Gasteiger partial charge in [-0.15, -0.1) is 0 Å². The molecule has 1 aromatic carbocycles. The number of carbonyl (C=O) groups excluding carboxylic acids is 1. The number of hydrogen-bond acceptors (Lipinski definition) is 9. The number of fused-ring (bicyclic) bond motifs is 2. The van der Waals surface area contributed by atoms with Gasteiger partial charge in [-0.25, -0.2) is 0 Å². The molecule has 2 N–H and O–H groups in total. The highest BCUT2D eigenvalue weighted by Crippen LogP contribution is 2.43. The normalized spacial score (nSPS) is 40.1. The molecule has 0 saturated carbocycles. The lowest BCUT2D eigenvalue weighted by molar-refractivity contribution is -0.342. The third-order valence-electron chi connectivity index (χ3n) is 7.90. The van der Waals surface area contributed by atoms with Crippen molar-refractivity contribution in [1.29, 1.82) is 0 Å². The maximum absolute atomic E-state index is 13.5. The summed E-state index contributed by atoms with van der Waals surface area (Å²) in [7, 11) is 2.92. The van der Waals surface area contributed by atoms with Gasteiger partial charge in [0.15, 0.2) is 0 Å². The summed E-state index contributed by atoms with van der Waals surface area (Å²) < 4.78 is 23.2. The van der Waals surface area contributed by atoms with Crippen LogP contribution >= 0.6 is 0 Å². The molecule has 0 aliphatic carbocycles. The van der Waals surface area contributed by atoms with Crippen molar-refractivity contribution in [3.63, 3.8) is 0 Å². The van der Waals surface area contributed by atoms with E-state index in [1.807, 2.05) is 37.3 Å². The van der Waals surface area contributed by atoms with Crippen LogP contribution in [-0.2, 0) is 23.7 Å². The van der Waals surface area contributed by atoms with E-state index in [9.17, 15) is 19.9 Å². The Bertz CT molecular complexity index is 911. The third-order valence-corrected chi connectivity index (χ3v) is 7.90. The van der Waals surface area contributed by atoms with Gasteiger partial charge < -0.3 is 29.2 Å². The first-order valence-electron chi connectivity index (χ1n) is 13.1. The molecule has 206 valence electrons. The Hall–Kier alpha value is -2.17. The number of aliphatic hydroxyl groups is 2. The predicted octanol–water partition coefficient (Wildman–Crippen LogP) is 3.92. The molecule has 1 fully saturated rings. The van der Waals surface area contributed by atoms with Gasteiger partial charge in [0.1, 0.15) is 24.2 Å². The fraction of sp³-hybridized carbons (Fsp3) is 0.679. The first-order chi connectivity index (χ1) is 17.7. The Balaban J connectivity index is 2.02. The molecule has 10 unspecified atom stereocenters. The molecule has 1 saturated heterocycles. The Morgan fingerprint density at radius 3 is 2.32 bits per heavy atom. The van der Waals surface area contributed by atoms with Gasteiger partial charge in [0.25, 0.3) is 0 Å². The molecule has 3 rings (SSSR count). The molecule has 9 nitrogen and oxygen atoms in total. The highest BCUT2D eigenvalue weighted by molar-refractivity contribution is 5.73. The van der Waals surface area contributed by atoms with Crippen LogP contribution in [0.4, 0.5) is 0 Å². The Kier molecular flexibility index (Phi) is 10.4. The molecule has 2 aliphatic rings. The van der Waals surface area contributed by atoms with Gasteiger partial charge in [0.2, 0.25) is 5.79 Å². The molecule has 2 heterocycles. The van der Waals surface area contributed by atoms with Gasteiger partial charge in [0, 0.05) is 26.1 Å².